The molecule has 2 saturated heterocycles. The molecule has 3 aliphatic rings. The van der Waals surface area contributed by atoms with Crippen molar-refractivity contribution in [3.05, 3.63) is 11.3 Å². The zero-order valence-corrected chi connectivity index (χ0v) is 11.4. The largest absolute Gasteiger partial charge is 0.456 e. The van der Waals surface area contributed by atoms with Gasteiger partial charge in [0.1, 0.15) is 12.8 Å². The Bertz CT molecular complexity index is 416. The number of carbonyl (C=O) groups is 1. The molecule has 3 aliphatic heterocycles. The average Bonchev–Trinajstić information content (AvgIpc) is 2.75. The molecule has 0 unspecified atom stereocenters. The highest BCUT2D eigenvalue weighted by molar-refractivity contribution is 5.90. The summed E-state index contributed by atoms with van der Waals surface area (Å²) in [6, 6.07) is 0. The number of carbonyl (C=O) groups excluding carboxylic acids is 1. The van der Waals surface area contributed by atoms with Crippen LogP contribution < -0.4 is 5.32 Å². The van der Waals surface area contributed by atoms with Gasteiger partial charge >= 0.3 is 5.97 Å². The number of cyclic esters (lactones) is 1. The van der Waals surface area contributed by atoms with Gasteiger partial charge in [-0.3, -0.25) is 0 Å². The molecule has 5 heteroatoms. The van der Waals surface area contributed by atoms with E-state index in [0.717, 1.165) is 44.6 Å². The van der Waals surface area contributed by atoms with Crippen LogP contribution in [0.4, 0.5) is 4.39 Å². The van der Waals surface area contributed by atoms with Crippen LogP contribution in [0.1, 0.15) is 26.2 Å². The summed E-state index contributed by atoms with van der Waals surface area (Å²) in [5.41, 5.74) is 1.39. The highest BCUT2D eigenvalue weighted by atomic mass is 19.1. The molecule has 0 aromatic heterocycles. The molecular weight excluding hydrogens is 247 g/mol. The third kappa shape index (κ3) is 2.14. The standard InChI is InChI=1S/C14H21FN2O2/c1-10-11(9-19-13(10)18)17-7-4-14(12(15)8-17)2-5-16-6-3-14/h12,16H,2-9H2,1H3/t12-/m1/s1. The van der Waals surface area contributed by atoms with Crippen molar-refractivity contribution in [3.8, 4) is 0 Å². The topological polar surface area (TPSA) is 41.6 Å². The molecule has 3 rings (SSSR count). The van der Waals surface area contributed by atoms with Gasteiger partial charge in [0.2, 0.25) is 0 Å². The van der Waals surface area contributed by atoms with E-state index in [1.165, 1.54) is 0 Å². The van der Waals surface area contributed by atoms with Crippen LogP contribution in [-0.4, -0.2) is 49.8 Å². The minimum absolute atomic E-state index is 0.139. The van der Waals surface area contributed by atoms with E-state index in [-0.39, 0.29) is 11.4 Å². The molecule has 4 nitrogen and oxygen atoms in total. The van der Waals surface area contributed by atoms with Crippen LogP contribution in [0, 0.1) is 5.41 Å². The predicted molar refractivity (Wildman–Crippen MR) is 69.3 cm³/mol. The van der Waals surface area contributed by atoms with Crippen molar-refractivity contribution in [2.75, 3.05) is 32.8 Å². The third-order valence-electron chi connectivity index (χ3n) is 4.98. The number of alkyl halides is 1. The van der Waals surface area contributed by atoms with Crippen molar-refractivity contribution in [2.24, 2.45) is 5.41 Å². The Balaban J connectivity index is 1.72. The molecule has 3 heterocycles. The average molecular weight is 268 g/mol. The van der Waals surface area contributed by atoms with E-state index in [2.05, 4.69) is 5.32 Å². The first-order valence-electron chi connectivity index (χ1n) is 7.09. The normalized spacial score (nSPS) is 30.9. The van der Waals surface area contributed by atoms with E-state index in [4.69, 9.17) is 4.74 Å². The summed E-state index contributed by atoms with van der Waals surface area (Å²) in [4.78, 5) is 13.4. The lowest BCUT2D eigenvalue weighted by atomic mass is 9.70. The lowest BCUT2D eigenvalue weighted by Gasteiger charge is -2.47. The van der Waals surface area contributed by atoms with Gasteiger partial charge < -0.3 is 15.0 Å². The van der Waals surface area contributed by atoms with Crippen LogP contribution in [0.5, 0.6) is 0 Å². The molecule has 0 aromatic carbocycles. The van der Waals surface area contributed by atoms with Gasteiger partial charge in [0.15, 0.2) is 0 Å². The van der Waals surface area contributed by atoms with Crippen LogP contribution in [0.25, 0.3) is 0 Å². The number of piperidine rings is 2. The van der Waals surface area contributed by atoms with Crippen molar-refractivity contribution in [3.63, 3.8) is 0 Å². The molecule has 0 radical (unpaired) electrons. The summed E-state index contributed by atoms with van der Waals surface area (Å²) in [6.07, 6.45) is 1.92. The predicted octanol–water partition coefficient (Wildman–Crippen LogP) is 1.23. The molecular formula is C14H21FN2O2. The van der Waals surface area contributed by atoms with Crippen molar-refractivity contribution >= 4 is 5.97 Å². The summed E-state index contributed by atoms with van der Waals surface area (Å²) in [5.74, 6) is -0.257. The maximum Gasteiger partial charge on any atom is 0.335 e. The molecule has 1 N–H and O–H groups in total. The zero-order chi connectivity index (χ0) is 13.5. The number of hydrogen-bond donors (Lipinski definition) is 1. The minimum atomic E-state index is -0.806. The Morgan fingerprint density at radius 1 is 1.37 bits per heavy atom. The number of esters is 1. The van der Waals surface area contributed by atoms with Crippen molar-refractivity contribution in [1.82, 2.24) is 10.2 Å². The number of nitrogens with one attached hydrogen (secondary N) is 1. The maximum atomic E-state index is 14.6. The Morgan fingerprint density at radius 3 is 2.68 bits per heavy atom. The van der Waals surface area contributed by atoms with Gasteiger partial charge in [-0.1, -0.05) is 0 Å². The number of nitrogens with zero attached hydrogens (tertiary/aromatic N) is 1. The Morgan fingerprint density at radius 2 is 2.11 bits per heavy atom. The molecule has 0 aliphatic carbocycles. The van der Waals surface area contributed by atoms with Crippen molar-refractivity contribution in [2.45, 2.75) is 32.4 Å². The van der Waals surface area contributed by atoms with E-state index in [0.29, 0.717) is 18.7 Å². The van der Waals surface area contributed by atoms with Gasteiger partial charge in [-0.2, -0.15) is 0 Å². The van der Waals surface area contributed by atoms with Crippen LogP contribution in [0.15, 0.2) is 11.3 Å². The number of hydrogen-bond acceptors (Lipinski definition) is 4. The van der Waals surface area contributed by atoms with E-state index in [9.17, 15) is 9.18 Å². The van der Waals surface area contributed by atoms with E-state index in [1.54, 1.807) is 6.92 Å². The van der Waals surface area contributed by atoms with Crippen molar-refractivity contribution in [1.29, 1.82) is 0 Å². The molecule has 0 amide bonds. The van der Waals surface area contributed by atoms with Crippen LogP contribution in [0.3, 0.4) is 0 Å². The number of rotatable bonds is 1. The zero-order valence-electron chi connectivity index (χ0n) is 11.4. The van der Waals surface area contributed by atoms with Gasteiger partial charge in [0.25, 0.3) is 0 Å². The Hall–Kier alpha value is -1.10. The summed E-state index contributed by atoms with van der Waals surface area (Å²) >= 11 is 0. The Kier molecular flexibility index (Phi) is 3.25. The lowest BCUT2D eigenvalue weighted by Crippen LogP contribution is -2.52. The molecule has 0 bridgehead atoms. The summed E-state index contributed by atoms with van der Waals surface area (Å²) in [5, 5.41) is 3.30. The summed E-state index contributed by atoms with van der Waals surface area (Å²) < 4.78 is 19.7. The molecule has 0 saturated carbocycles. The summed E-state index contributed by atoms with van der Waals surface area (Å²) in [6.45, 7) is 5.17. The number of likely N-dealkylation sites (tertiary alicyclic amines) is 1. The lowest BCUT2D eigenvalue weighted by molar-refractivity contribution is -0.136. The van der Waals surface area contributed by atoms with E-state index in [1.807, 2.05) is 4.90 Å². The monoisotopic (exact) mass is 268 g/mol. The quantitative estimate of drug-likeness (QED) is 0.726. The van der Waals surface area contributed by atoms with E-state index < -0.39 is 6.17 Å². The van der Waals surface area contributed by atoms with Crippen molar-refractivity contribution < 1.29 is 13.9 Å². The van der Waals surface area contributed by atoms with Gasteiger partial charge in [-0.15, -0.1) is 0 Å². The van der Waals surface area contributed by atoms with Gasteiger partial charge in [0.05, 0.1) is 11.3 Å². The van der Waals surface area contributed by atoms with Crippen LogP contribution in [-0.2, 0) is 9.53 Å². The summed E-state index contributed by atoms with van der Waals surface area (Å²) in [7, 11) is 0. The SMILES string of the molecule is CC1=C(N2CCC3(CCNCC3)[C@H](F)C2)COC1=O. The fourth-order valence-corrected chi connectivity index (χ4v) is 3.52. The molecule has 106 valence electrons. The van der Waals surface area contributed by atoms with Gasteiger partial charge in [0, 0.05) is 18.5 Å². The third-order valence-corrected chi connectivity index (χ3v) is 4.98. The fraction of sp³-hybridized carbons (Fsp3) is 0.786. The second-order valence-corrected chi connectivity index (χ2v) is 5.92. The second kappa shape index (κ2) is 4.78. The number of halogens is 1. The molecule has 0 aromatic rings. The smallest absolute Gasteiger partial charge is 0.335 e. The first kappa shape index (κ1) is 12.9. The number of ether oxygens (including phenoxy) is 1. The Labute approximate surface area is 113 Å². The molecule has 1 atom stereocenters. The maximum absolute atomic E-state index is 14.6. The molecule has 1 spiro atoms. The first-order valence-corrected chi connectivity index (χ1v) is 7.09. The highest BCUT2D eigenvalue weighted by Gasteiger charge is 2.45. The highest BCUT2D eigenvalue weighted by Crippen LogP contribution is 2.42. The van der Waals surface area contributed by atoms with E-state index >= 15 is 0 Å². The minimum Gasteiger partial charge on any atom is -0.456 e. The van der Waals surface area contributed by atoms with Gasteiger partial charge in [-0.05, 0) is 39.3 Å². The van der Waals surface area contributed by atoms with Gasteiger partial charge in [-0.25, -0.2) is 9.18 Å². The first-order chi connectivity index (χ1) is 9.12. The second-order valence-electron chi connectivity index (χ2n) is 5.92. The fourth-order valence-electron chi connectivity index (χ4n) is 3.52. The molecule has 2 fully saturated rings. The van der Waals surface area contributed by atoms with Crippen LogP contribution in [0.2, 0.25) is 0 Å². The van der Waals surface area contributed by atoms with Crippen LogP contribution >= 0.6 is 0 Å². The molecule has 19 heavy (non-hydrogen) atoms.